The maximum absolute atomic E-state index is 15.1. The maximum Gasteiger partial charge on any atom is 0.330 e. The number of imidazole rings is 1. The molecule has 2 heterocycles. The minimum absolute atomic E-state index is 0.169. The second-order valence-corrected chi connectivity index (χ2v) is 8.34. The van der Waals surface area contributed by atoms with Gasteiger partial charge >= 0.3 is 5.69 Å². The van der Waals surface area contributed by atoms with Crippen molar-refractivity contribution in [3.05, 3.63) is 76.2 Å². The van der Waals surface area contributed by atoms with Crippen molar-refractivity contribution in [3.63, 3.8) is 0 Å². The van der Waals surface area contributed by atoms with Gasteiger partial charge in [0.2, 0.25) is 11.8 Å². The molecule has 0 fully saturated rings. The van der Waals surface area contributed by atoms with Crippen molar-refractivity contribution < 1.29 is 4.39 Å². The molecule has 0 spiro atoms. The molecular weight excluding hydrogens is 407 g/mol. The summed E-state index contributed by atoms with van der Waals surface area (Å²) in [6.45, 7) is 6.56. The number of benzene rings is 2. The monoisotopic (exact) mass is 434 g/mol. The lowest BCUT2D eigenvalue weighted by Crippen LogP contribution is -2.27. The highest BCUT2D eigenvalue weighted by molar-refractivity contribution is 5.80. The Hall–Kier alpha value is -3.55. The van der Waals surface area contributed by atoms with Crippen LogP contribution in [-0.2, 0) is 19.5 Å². The summed E-state index contributed by atoms with van der Waals surface area (Å²) in [6.07, 6.45) is 1.26. The topological polar surface area (TPSA) is 81.4 Å². The quantitative estimate of drug-likeness (QED) is 0.448. The number of aromatic amines is 1. The van der Waals surface area contributed by atoms with E-state index in [1.54, 1.807) is 4.57 Å². The largest absolute Gasteiger partial charge is 0.330 e. The van der Waals surface area contributed by atoms with Crippen molar-refractivity contribution in [1.82, 2.24) is 29.8 Å². The first-order valence-electron chi connectivity index (χ1n) is 10.9. The Labute approximate surface area is 185 Å². The highest BCUT2D eigenvalue weighted by atomic mass is 19.1. The van der Waals surface area contributed by atoms with Crippen LogP contribution >= 0.6 is 0 Å². The number of H-pyrrole nitrogens is 1. The molecule has 4 rings (SSSR count). The van der Waals surface area contributed by atoms with E-state index in [4.69, 9.17) is 0 Å². The summed E-state index contributed by atoms with van der Waals surface area (Å²) < 4.78 is 17.9. The summed E-state index contributed by atoms with van der Waals surface area (Å²) in [4.78, 5) is 13.1. The molecule has 1 N–H and O–H groups in total. The van der Waals surface area contributed by atoms with Gasteiger partial charge in [0.1, 0.15) is 0 Å². The number of hydrogen-bond donors (Lipinski definition) is 1. The SMILES string of the molecule is CCCc1c(F)n(CC(C)C)c(=O)n1Cc1ccc(-c2ccccc2)c(-c2nn[nH]n2)c1. The van der Waals surface area contributed by atoms with E-state index in [1.165, 1.54) is 4.57 Å². The second-order valence-electron chi connectivity index (χ2n) is 8.34. The number of tetrazole rings is 1. The predicted molar refractivity (Wildman–Crippen MR) is 122 cm³/mol. The third kappa shape index (κ3) is 4.26. The van der Waals surface area contributed by atoms with Crippen LogP contribution in [0.2, 0.25) is 0 Å². The van der Waals surface area contributed by atoms with Gasteiger partial charge in [0.25, 0.3) is 0 Å². The number of hydrogen-bond acceptors (Lipinski definition) is 4. The summed E-state index contributed by atoms with van der Waals surface area (Å²) >= 11 is 0. The van der Waals surface area contributed by atoms with Gasteiger partial charge in [-0.3, -0.25) is 9.13 Å². The Kier molecular flexibility index (Phi) is 6.30. The molecule has 166 valence electrons. The fraction of sp³-hybridized carbons (Fsp3) is 0.333. The van der Waals surface area contributed by atoms with Gasteiger partial charge in [-0.15, -0.1) is 10.2 Å². The van der Waals surface area contributed by atoms with Crippen molar-refractivity contribution in [3.8, 4) is 22.5 Å². The van der Waals surface area contributed by atoms with E-state index in [-0.39, 0.29) is 18.2 Å². The molecule has 0 saturated heterocycles. The molecule has 0 aliphatic heterocycles. The Morgan fingerprint density at radius 2 is 1.84 bits per heavy atom. The molecule has 32 heavy (non-hydrogen) atoms. The van der Waals surface area contributed by atoms with Crippen molar-refractivity contribution >= 4 is 0 Å². The molecule has 2 aromatic carbocycles. The maximum atomic E-state index is 15.1. The van der Waals surface area contributed by atoms with Gasteiger partial charge in [0.15, 0.2) is 0 Å². The number of rotatable bonds is 8. The van der Waals surface area contributed by atoms with Crippen LogP contribution in [0.1, 0.15) is 38.4 Å². The van der Waals surface area contributed by atoms with E-state index in [9.17, 15) is 4.79 Å². The zero-order chi connectivity index (χ0) is 22.7. The molecule has 0 saturated carbocycles. The molecule has 7 nitrogen and oxygen atoms in total. The fourth-order valence-electron chi connectivity index (χ4n) is 3.98. The first-order valence-corrected chi connectivity index (χ1v) is 10.9. The lowest BCUT2D eigenvalue weighted by molar-refractivity contribution is 0.424. The lowest BCUT2D eigenvalue weighted by atomic mass is 9.97. The average molecular weight is 435 g/mol. The smallest absolute Gasteiger partial charge is 0.289 e. The van der Waals surface area contributed by atoms with Gasteiger partial charge in [-0.2, -0.15) is 9.60 Å². The van der Waals surface area contributed by atoms with E-state index in [2.05, 4.69) is 20.6 Å². The third-order valence-electron chi connectivity index (χ3n) is 5.39. The van der Waals surface area contributed by atoms with Crippen LogP contribution < -0.4 is 5.69 Å². The first-order chi connectivity index (χ1) is 15.5. The molecule has 8 heteroatoms. The molecule has 0 radical (unpaired) electrons. The zero-order valence-corrected chi connectivity index (χ0v) is 18.5. The Morgan fingerprint density at radius 3 is 2.50 bits per heavy atom. The van der Waals surface area contributed by atoms with E-state index in [0.717, 1.165) is 28.7 Å². The summed E-state index contributed by atoms with van der Waals surface area (Å²) in [5.41, 5.74) is 3.79. The highest BCUT2D eigenvalue weighted by Gasteiger charge is 2.21. The molecule has 0 bridgehead atoms. The number of aromatic nitrogens is 6. The molecule has 0 unspecified atom stereocenters. The van der Waals surface area contributed by atoms with E-state index < -0.39 is 5.95 Å². The Bertz CT molecular complexity index is 1240. The molecule has 4 aromatic rings. The van der Waals surface area contributed by atoms with Crippen LogP contribution in [0.5, 0.6) is 0 Å². The lowest BCUT2D eigenvalue weighted by Gasteiger charge is -2.11. The van der Waals surface area contributed by atoms with Crippen molar-refractivity contribution in [2.24, 2.45) is 5.92 Å². The van der Waals surface area contributed by atoms with Gasteiger partial charge in [0, 0.05) is 12.1 Å². The fourth-order valence-corrected chi connectivity index (χ4v) is 3.98. The summed E-state index contributed by atoms with van der Waals surface area (Å²) in [5, 5.41) is 14.5. The van der Waals surface area contributed by atoms with Crippen LogP contribution in [0.25, 0.3) is 22.5 Å². The van der Waals surface area contributed by atoms with E-state index in [1.807, 2.05) is 69.3 Å². The van der Waals surface area contributed by atoms with Crippen LogP contribution in [0.15, 0.2) is 53.3 Å². The van der Waals surface area contributed by atoms with Crippen molar-refractivity contribution in [1.29, 1.82) is 0 Å². The average Bonchev–Trinajstić information content (AvgIpc) is 3.40. The minimum Gasteiger partial charge on any atom is -0.289 e. The minimum atomic E-state index is -0.426. The number of halogens is 1. The zero-order valence-electron chi connectivity index (χ0n) is 18.5. The van der Waals surface area contributed by atoms with Crippen LogP contribution in [0.3, 0.4) is 0 Å². The standard InChI is InChI=1S/C24H27FN6O/c1-4-8-21-22(25)31(14-16(2)3)24(32)30(21)15-17-11-12-19(18-9-6-5-7-10-18)20(13-17)23-26-28-29-27-23/h5-7,9-13,16H,4,8,14-15H2,1-3H3,(H,26,27,28,29). The molecule has 0 aliphatic rings. The van der Waals surface area contributed by atoms with Gasteiger partial charge in [-0.05, 0) is 40.3 Å². The summed E-state index contributed by atoms with van der Waals surface area (Å²) in [6, 6.07) is 15.8. The second kappa shape index (κ2) is 9.30. The number of nitrogens with one attached hydrogen (secondary N) is 1. The molecule has 0 atom stereocenters. The van der Waals surface area contributed by atoms with Crippen LogP contribution in [-0.4, -0.2) is 29.8 Å². The molecule has 0 aliphatic carbocycles. The predicted octanol–water partition coefficient (Wildman–Crippen LogP) is 4.29. The van der Waals surface area contributed by atoms with Crippen LogP contribution in [0, 0.1) is 11.9 Å². The van der Waals surface area contributed by atoms with E-state index >= 15 is 4.39 Å². The van der Waals surface area contributed by atoms with Gasteiger partial charge < -0.3 is 0 Å². The van der Waals surface area contributed by atoms with Gasteiger partial charge in [-0.25, -0.2) is 4.79 Å². The van der Waals surface area contributed by atoms with Crippen molar-refractivity contribution in [2.75, 3.05) is 0 Å². The summed E-state index contributed by atoms with van der Waals surface area (Å²) in [5.74, 6) is 0.211. The normalized spacial score (nSPS) is 11.4. The van der Waals surface area contributed by atoms with Gasteiger partial charge in [-0.1, -0.05) is 69.7 Å². The van der Waals surface area contributed by atoms with Crippen molar-refractivity contribution in [2.45, 2.75) is 46.7 Å². The first kappa shape index (κ1) is 21.7. The Morgan fingerprint density at radius 1 is 1.06 bits per heavy atom. The highest BCUT2D eigenvalue weighted by Crippen LogP contribution is 2.31. The summed E-state index contributed by atoms with van der Waals surface area (Å²) in [7, 11) is 0. The molecule has 0 amide bonds. The van der Waals surface area contributed by atoms with Gasteiger partial charge in [0.05, 0.1) is 12.2 Å². The Balaban J connectivity index is 1.79. The van der Waals surface area contributed by atoms with Crippen LogP contribution in [0.4, 0.5) is 4.39 Å². The molecule has 2 aromatic heterocycles. The number of nitrogens with zero attached hydrogens (tertiary/aromatic N) is 5. The van der Waals surface area contributed by atoms with E-state index in [0.29, 0.717) is 24.5 Å². The third-order valence-corrected chi connectivity index (χ3v) is 5.39. The molecular formula is C24H27FN6O.